The maximum Gasteiger partial charge on any atom is 0.270 e. The molecule has 7 heteroatoms. The van der Waals surface area contributed by atoms with Gasteiger partial charge in [0, 0.05) is 38.9 Å². The lowest BCUT2D eigenvalue weighted by molar-refractivity contribution is -0.384. The van der Waals surface area contributed by atoms with Crippen LogP contribution in [0.15, 0.2) is 18.2 Å². The molecule has 1 aromatic carbocycles. The number of benzene rings is 1. The summed E-state index contributed by atoms with van der Waals surface area (Å²) < 4.78 is 4.90. The number of carbonyl (C=O) groups excluding carboxylic acids is 1. The monoisotopic (exact) mass is 307 g/mol. The molecular formula is C15H21N3O4. The van der Waals surface area contributed by atoms with Gasteiger partial charge in [-0.1, -0.05) is 0 Å². The first-order valence-corrected chi connectivity index (χ1v) is 7.44. The van der Waals surface area contributed by atoms with Crippen molar-refractivity contribution in [3.63, 3.8) is 0 Å². The quantitative estimate of drug-likeness (QED) is 0.493. The van der Waals surface area contributed by atoms with Crippen LogP contribution >= 0.6 is 0 Å². The van der Waals surface area contributed by atoms with Gasteiger partial charge in [-0.2, -0.15) is 0 Å². The number of hydrogen-bond acceptors (Lipinski definition) is 5. The van der Waals surface area contributed by atoms with Gasteiger partial charge in [0.25, 0.3) is 11.6 Å². The Bertz CT molecular complexity index is 542. The largest absolute Gasteiger partial charge is 0.383 e. The molecule has 7 nitrogen and oxygen atoms in total. The second-order valence-corrected chi connectivity index (χ2v) is 5.25. The Labute approximate surface area is 129 Å². The Morgan fingerprint density at radius 2 is 2.09 bits per heavy atom. The van der Waals surface area contributed by atoms with Crippen LogP contribution in [-0.2, 0) is 4.74 Å². The number of nitro benzene ring substituents is 1. The molecular weight excluding hydrogens is 286 g/mol. The van der Waals surface area contributed by atoms with Crippen LogP contribution in [0.1, 0.15) is 29.6 Å². The molecule has 0 saturated carbocycles. The van der Waals surface area contributed by atoms with E-state index in [1.165, 1.54) is 18.6 Å². The van der Waals surface area contributed by atoms with E-state index >= 15 is 0 Å². The molecule has 1 aromatic rings. The number of methoxy groups -OCH3 is 1. The Morgan fingerprint density at radius 1 is 1.36 bits per heavy atom. The van der Waals surface area contributed by atoms with Crippen LogP contribution < -0.4 is 10.2 Å². The fraction of sp³-hybridized carbons (Fsp3) is 0.533. The van der Waals surface area contributed by atoms with Crippen LogP contribution in [0.5, 0.6) is 0 Å². The average molecular weight is 307 g/mol. The van der Waals surface area contributed by atoms with E-state index in [1.54, 1.807) is 13.2 Å². The smallest absolute Gasteiger partial charge is 0.270 e. The van der Waals surface area contributed by atoms with Gasteiger partial charge in [0.05, 0.1) is 22.8 Å². The normalized spacial score (nSPS) is 14.7. The zero-order chi connectivity index (χ0) is 15.9. The molecule has 1 amide bonds. The molecule has 0 atom stereocenters. The topological polar surface area (TPSA) is 84.7 Å². The molecule has 1 N–H and O–H groups in total. The van der Waals surface area contributed by atoms with Crippen molar-refractivity contribution in [3.05, 3.63) is 33.9 Å². The summed E-state index contributed by atoms with van der Waals surface area (Å²) in [5, 5.41) is 13.7. The molecule has 0 radical (unpaired) electrons. The molecule has 120 valence electrons. The standard InChI is InChI=1S/C15H21N3O4/c1-22-10-7-16-15(19)13-11-12(18(20)21)5-6-14(13)17-8-3-2-4-9-17/h5-6,11H,2-4,7-10H2,1H3,(H,16,19). The van der Waals surface area contributed by atoms with Crippen LogP contribution in [0.3, 0.4) is 0 Å². The molecule has 22 heavy (non-hydrogen) atoms. The number of hydrogen-bond donors (Lipinski definition) is 1. The number of nitro groups is 1. The second kappa shape index (κ2) is 7.74. The van der Waals surface area contributed by atoms with Gasteiger partial charge in [-0.25, -0.2) is 0 Å². The van der Waals surface area contributed by atoms with Crippen LogP contribution in [0, 0.1) is 10.1 Å². The molecule has 0 aromatic heterocycles. The Morgan fingerprint density at radius 3 is 2.73 bits per heavy atom. The van der Waals surface area contributed by atoms with Crippen LogP contribution in [0.25, 0.3) is 0 Å². The molecule has 0 bridgehead atoms. The average Bonchev–Trinajstić information content (AvgIpc) is 2.55. The molecule has 1 fully saturated rings. The van der Waals surface area contributed by atoms with Gasteiger partial charge in [-0.3, -0.25) is 14.9 Å². The zero-order valence-electron chi connectivity index (χ0n) is 12.7. The van der Waals surface area contributed by atoms with Crippen molar-refractivity contribution in [1.82, 2.24) is 5.32 Å². The van der Waals surface area contributed by atoms with Crippen LogP contribution in [-0.4, -0.2) is 44.2 Å². The zero-order valence-corrected chi connectivity index (χ0v) is 12.7. The summed E-state index contributed by atoms with van der Waals surface area (Å²) in [5.74, 6) is -0.304. The number of amides is 1. The third-order valence-electron chi connectivity index (χ3n) is 3.72. The third kappa shape index (κ3) is 3.94. The molecule has 0 spiro atoms. The van der Waals surface area contributed by atoms with E-state index in [2.05, 4.69) is 10.2 Å². The van der Waals surface area contributed by atoms with Gasteiger partial charge in [0.15, 0.2) is 0 Å². The highest BCUT2D eigenvalue weighted by molar-refractivity contribution is 6.00. The van der Waals surface area contributed by atoms with Crippen molar-refractivity contribution in [1.29, 1.82) is 0 Å². The van der Waals surface area contributed by atoms with E-state index in [0.717, 1.165) is 31.6 Å². The maximum absolute atomic E-state index is 12.3. The lowest BCUT2D eigenvalue weighted by Crippen LogP contribution is -2.33. The SMILES string of the molecule is COCCNC(=O)c1cc([N+](=O)[O-])ccc1N1CCCCC1. The first kappa shape index (κ1) is 16.2. The molecule has 2 rings (SSSR count). The molecule has 1 aliphatic heterocycles. The number of rotatable bonds is 6. The second-order valence-electron chi connectivity index (χ2n) is 5.25. The van der Waals surface area contributed by atoms with Gasteiger partial charge in [-0.15, -0.1) is 0 Å². The van der Waals surface area contributed by atoms with Crippen molar-refractivity contribution in [2.24, 2.45) is 0 Å². The summed E-state index contributed by atoms with van der Waals surface area (Å²) in [6, 6.07) is 4.48. The lowest BCUT2D eigenvalue weighted by Gasteiger charge is -2.30. The fourth-order valence-corrected chi connectivity index (χ4v) is 2.59. The minimum atomic E-state index is -0.480. The minimum Gasteiger partial charge on any atom is -0.383 e. The van der Waals surface area contributed by atoms with Crippen molar-refractivity contribution in [2.75, 3.05) is 38.3 Å². The molecule has 0 aliphatic carbocycles. The summed E-state index contributed by atoms with van der Waals surface area (Å²) >= 11 is 0. The maximum atomic E-state index is 12.3. The number of anilines is 1. The number of piperidine rings is 1. The van der Waals surface area contributed by atoms with Crippen molar-refractivity contribution < 1.29 is 14.5 Å². The number of carbonyl (C=O) groups is 1. The van der Waals surface area contributed by atoms with E-state index in [9.17, 15) is 14.9 Å². The summed E-state index contributed by atoms with van der Waals surface area (Å²) in [6.07, 6.45) is 3.32. The number of nitrogens with one attached hydrogen (secondary N) is 1. The molecule has 1 heterocycles. The summed E-state index contributed by atoms with van der Waals surface area (Å²) in [5.41, 5.74) is 1.05. The van der Waals surface area contributed by atoms with Crippen LogP contribution in [0.2, 0.25) is 0 Å². The summed E-state index contributed by atoms with van der Waals surface area (Å²) in [6.45, 7) is 2.52. The predicted molar refractivity (Wildman–Crippen MR) is 83.4 cm³/mol. The Kier molecular flexibility index (Phi) is 5.71. The summed E-state index contributed by atoms with van der Waals surface area (Å²) in [7, 11) is 1.55. The number of non-ortho nitro benzene ring substituents is 1. The van der Waals surface area contributed by atoms with E-state index in [4.69, 9.17) is 4.74 Å². The predicted octanol–water partition coefficient (Wildman–Crippen LogP) is 1.96. The van der Waals surface area contributed by atoms with Gasteiger partial charge in [0.2, 0.25) is 0 Å². The van der Waals surface area contributed by atoms with E-state index in [1.807, 2.05) is 0 Å². The van der Waals surface area contributed by atoms with Crippen molar-refractivity contribution >= 4 is 17.3 Å². The Hall–Kier alpha value is -2.15. The van der Waals surface area contributed by atoms with Gasteiger partial charge >= 0.3 is 0 Å². The van der Waals surface area contributed by atoms with Gasteiger partial charge in [0.1, 0.15) is 0 Å². The van der Waals surface area contributed by atoms with Crippen molar-refractivity contribution in [2.45, 2.75) is 19.3 Å². The Balaban J connectivity index is 2.26. The molecule has 0 unspecified atom stereocenters. The minimum absolute atomic E-state index is 0.0716. The van der Waals surface area contributed by atoms with E-state index in [0.29, 0.717) is 18.7 Å². The number of ether oxygens (including phenoxy) is 1. The third-order valence-corrected chi connectivity index (χ3v) is 3.72. The first-order valence-electron chi connectivity index (χ1n) is 7.44. The van der Waals surface area contributed by atoms with Crippen LogP contribution in [0.4, 0.5) is 11.4 Å². The lowest BCUT2D eigenvalue weighted by atomic mass is 10.1. The molecule has 1 aliphatic rings. The van der Waals surface area contributed by atoms with E-state index < -0.39 is 4.92 Å². The highest BCUT2D eigenvalue weighted by Crippen LogP contribution is 2.28. The highest BCUT2D eigenvalue weighted by Gasteiger charge is 2.21. The highest BCUT2D eigenvalue weighted by atomic mass is 16.6. The first-order chi connectivity index (χ1) is 10.6. The fourth-order valence-electron chi connectivity index (χ4n) is 2.59. The van der Waals surface area contributed by atoms with E-state index in [-0.39, 0.29) is 11.6 Å². The number of nitrogens with zero attached hydrogens (tertiary/aromatic N) is 2. The molecule has 1 saturated heterocycles. The van der Waals surface area contributed by atoms with Gasteiger partial charge in [-0.05, 0) is 25.3 Å². The summed E-state index contributed by atoms with van der Waals surface area (Å²) in [4.78, 5) is 24.9. The van der Waals surface area contributed by atoms with Gasteiger partial charge < -0.3 is 15.0 Å². The van der Waals surface area contributed by atoms with Crippen molar-refractivity contribution in [3.8, 4) is 0 Å².